The van der Waals surface area contributed by atoms with Crippen LogP contribution < -0.4 is 10.7 Å². The molecule has 5 heterocycles. The Balaban J connectivity index is 1.51. The summed E-state index contributed by atoms with van der Waals surface area (Å²) in [6, 6.07) is 22.2. The Hall–Kier alpha value is -3.45. The molecule has 1 atom stereocenters. The molecule has 0 aliphatic carbocycles. The molecule has 2 aromatic heterocycles. The smallest absolute Gasteiger partial charge is 0.0988 e. The van der Waals surface area contributed by atoms with Gasteiger partial charge in [-0.25, -0.2) is 0 Å². The third kappa shape index (κ3) is 4.76. The number of benzene rings is 2. The predicted molar refractivity (Wildman–Crippen MR) is 185 cm³/mol. The molecule has 0 spiro atoms. The zero-order valence-electron chi connectivity index (χ0n) is 25.2. The van der Waals surface area contributed by atoms with E-state index in [2.05, 4.69) is 153 Å². The molecule has 0 fully saturated rings. The van der Waals surface area contributed by atoms with Crippen LogP contribution in [0.1, 0.15) is 64.4 Å². The minimum atomic E-state index is -0.379. The Morgan fingerprint density at radius 2 is 1.45 bits per heavy atom. The van der Waals surface area contributed by atoms with Crippen LogP contribution in [0.3, 0.4) is 0 Å². The van der Waals surface area contributed by atoms with Gasteiger partial charge in [-0.3, -0.25) is 9.98 Å². The zero-order valence-corrected chi connectivity index (χ0v) is 27.3. The number of nitrogens with zero attached hydrogens (tertiary/aromatic N) is 2. The summed E-state index contributed by atoms with van der Waals surface area (Å²) < 4.78 is 1.23. The lowest BCUT2D eigenvalue weighted by Crippen LogP contribution is -2.24. The predicted octanol–water partition coefficient (Wildman–Crippen LogP) is 8.16. The summed E-state index contributed by atoms with van der Waals surface area (Å²) >= 11 is 2.37. The van der Waals surface area contributed by atoms with E-state index in [0.717, 1.165) is 52.0 Å². The number of aliphatic imine (C=N–C) groups is 2. The van der Waals surface area contributed by atoms with E-state index in [-0.39, 0.29) is 16.4 Å². The molecular weight excluding hydrogens is 627 g/mol. The summed E-state index contributed by atoms with van der Waals surface area (Å²) in [5.41, 5.74) is 11.1. The topological polar surface area (TPSA) is 56.3 Å². The van der Waals surface area contributed by atoms with Crippen molar-refractivity contribution in [1.29, 1.82) is 0 Å². The second-order valence-electron chi connectivity index (χ2n) is 13.7. The second-order valence-corrected chi connectivity index (χ2v) is 15.0. The molecule has 42 heavy (non-hydrogen) atoms. The van der Waals surface area contributed by atoms with Crippen LogP contribution >= 0.6 is 22.6 Å². The molecular formula is C37H37IN4. The highest BCUT2D eigenvalue weighted by molar-refractivity contribution is 14.1. The van der Waals surface area contributed by atoms with Crippen LogP contribution in [0.15, 0.2) is 76.3 Å². The number of aromatic nitrogens is 2. The molecule has 2 N–H and O–H groups in total. The molecule has 0 radical (unpaired) electrons. The molecule has 3 aliphatic rings. The van der Waals surface area contributed by atoms with E-state index in [0.29, 0.717) is 0 Å². The molecule has 0 saturated heterocycles. The van der Waals surface area contributed by atoms with Gasteiger partial charge in [-0.05, 0) is 96.5 Å². The van der Waals surface area contributed by atoms with Gasteiger partial charge in [0.25, 0.3) is 0 Å². The van der Waals surface area contributed by atoms with Crippen molar-refractivity contribution in [1.82, 2.24) is 9.97 Å². The minimum absolute atomic E-state index is 0.0796. The van der Waals surface area contributed by atoms with Crippen molar-refractivity contribution in [3.05, 3.63) is 97.6 Å². The average molecular weight is 665 g/mol. The van der Waals surface area contributed by atoms with Crippen LogP contribution in [0.4, 0.5) is 0 Å². The minimum Gasteiger partial charge on any atom is -0.356 e. The maximum atomic E-state index is 5.49. The Labute approximate surface area is 261 Å². The first-order chi connectivity index (χ1) is 19.9. The fourth-order valence-electron chi connectivity index (χ4n) is 6.84. The number of nitrogens with one attached hydrogen (secondary N) is 2. The SMILES string of the molecule is Cc1ccc(-c2cc3[nH]c2/C=C2N=C(/C=c4/cc(-c5ccc(I)cc5)/c([nH]4)=C/C4=NC3(C)CC4(C)C)CC\2(C)C)cc1. The number of rotatable bonds is 2. The number of hydrogen-bond donors (Lipinski definition) is 2. The summed E-state index contributed by atoms with van der Waals surface area (Å²) in [6.45, 7) is 13.6. The molecule has 3 aliphatic heterocycles. The van der Waals surface area contributed by atoms with Gasteiger partial charge in [0.15, 0.2) is 0 Å². The first-order valence-corrected chi connectivity index (χ1v) is 15.9. The summed E-state index contributed by atoms with van der Waals surface area (Å²) in [6.07, 6.45) is 8.59. The average Bonchev–Trinajstić information content (AvgIpc) is 3.64. The summed E-state index contributed by atoms with van der Waals surface area (Å²) in [7, 11) is 0. The van der Waals surface area contributed by atoms with Gasteiger partial charge in [-0.1, -0.05) is 69.7 Å². The van der Waals surface area contributed by atoms with E-state index in [1.807, 2.05) is 0 Å². The van der Waals surface area contributed by atoms with Crippen molar-refractivity contribution in [3.63, 3.8) is 0 Å². The third-order valence-electron chi connectivity index (χ3n) is 9.13. The van der Waals surface area contributed by atoms with Crippen LogP contribution in [0.5, 0.6) is 0 Å². The number of aryl methyl sites for hydroxylation is 1. The maximum absolute atomic E-state index is 5.49. The van der Waals surface area contributed by atoms with Crippen LogP contribution in [0, 0.1) is 21.3 Å². The maximum Gasteiger partial charge on any atom is 0.0988 e. The fourth-order valence-corrected chi connectivity index (χ4v) is 7.20. The Morgan fingerprint density at radius 1 is 0.762 bits per heavy atom. The van der Waals surface area contributed by atoms with E-state index in [1.165, 1.54) is 31.4 Å². The van der Waals surface area contributed by atoms with Crippen molar-refractivity contribution in [3.8, 4) is 22.3 Å². The van der Waals surface area contributed by atoms with Crippen LogP contribution in [-0.2, 0) is 5.54 Å². The van der Waals surface area contributed by atoms with Crippen molar-refractivity contribution >= 4 is 52.2 Å². The van der Waals surface area contributed by atoms with E-state index < -0.39 is 0 Å². The van der Waals surface area contributed by atoms with E-state index in [1.54, 1.807) is 0 Å². The van der Waals surface area contributed by atoms with Gasteiger partial charge in [0.2, 0.25) is 0 Å². The van der Waals surface area contributed by atoms with Crippen molar-refractivity contribution in [2.75, 3.05) is 0 Å². The number of allylic oxidation sites excluding steroid dienone is 1. The first-order valence-electron chi connectivity index (χ1n) is 14.8. The molecule has 4 nitrogen and oxygen atoms in total. The number of aromatic amines is 2. The van der Waals surface area contributed by atoms with Gasteiger partial charge in [0.05, 0.1) is 5.54 Å². The quantitative estimate of drug-likeness (QED) is 0.203. The number of hydrogen-bond acceptors (Lipinski definition) is 2. The van der Waals surface area contributed by atoms with Gasteiger partial charge >= 0.3 is 0 Å². The molecule has 1 unspecified atom stereocenters. The molecule has 5 heteroatoms. The molecule has 212 valence electrons. The lowest BCUT2D eigenvalue weighted by molar-refractivity contribution is 0.370. The molecule has 0 saturated carbocycles. The Bertz CT molecular complexity index is 1940. The summed E-state index contributed by atoms with van der Waals surface area (Å²) in [4.78, 5) is 18.3. The number of halogens is 1. The van der Waals surface area contributed by atoms with E-state index in [9.17, 15) is 0 Å². The highest BCUT2D eigenvalue weighted by Gasteiger charge is 2.44. The molecule has 0 amide bonds. The Morgan fingerprint density at radius 3 is 2.19 bits per heavy atom. The standard InChI is InChI=1S/C37H37IN4/c1-22-7-9-23(10-8-22)29-17-34-37(6)21-36(4,5)33(42-37)19-30-28(24-11-13-25(38)14-12-24)16-26(39-30)15-27-20-35(2,3)32(40-27)18-31(29)41-34/h7-19,39,41H,20-21H2,1-6H3/b26-15-,30-19-,32-18-. The summed E-state index contributed by atoms with van der Waals surface area (Å²) in [5, 5.41) is 2.16. The third-order valence-corrected chi connectivity index (χ3v) is 9.85. The first kappa shape index (κ1) is 27.4. The zero-order chi connectivity index (χ0) is 29.4. The van der Waals surface area contributed by atoms with Gasteiger partial charge in [-0.15, -0.1) is 0 Å². The fraction of sp³-hybridized carbons (Fsp3) is 0.297. The molecule has 2 aromatic carbocycles. The highest BCUT2D eigenvalue weighted by Crippen LogP contribution is 2.47. The summed E-state index contributed by atoms with van der Waals surface area (Å²) in [5.74, 6) is 0. The van der Waals surface area contributed by atoms with Crippen LogP contribution in [-0.4, -0.2) is 21.4 Å². The van der Waals surface area contributed by atoms with Gasteiger partial charge in [0.1, 0.15) is 0 Å². The largest absolute Gasteiger partial charge is 0.356 e. The van der Waals surface area contributed by atoms with Gasteiger partial charge < -0.3 is 9.97 Å². The molecule has 7 rings (SSSR count). The monoisotopic (exact) mass is 664 g/mol. The molecule has 4 aromatic rings. The van der Waals surface area contributed by atoms with Crippen molar-refractivity contribution in [2.24, 2.45) is 20.8 Å². The van der Waals surface area contributed by atoms with Crippen LogP contribution in [0.2, 0.25) is 0 Å². The van der Waals surface area contributed by atoms with Gasteiger partial charge in [-0.2, -0.15) is 0 Å². The lowest BCUT2D eigenvalue weighted by atomic mass is 9.79. The highest BCUT2D eigenvalue weighted by atomic mass is 127. The van der Waals surface area contributed by atoms with Crippen molar-refractivity contribution in [2.45, 2.75) is 59.9 Å². The van der Waals surface area contributed by atoms with Gasteiger partial charge in [0, 0.05) is 71.2 Å². The normalized spacial score (nSPS) is 24.7. The molecule has 8 bridgehead atoms. The van der Waals surface area contributed by atoms with Crippen molar-refractivity contribution < 1.29 is 0 Å². The van der Waals surface area contributed by atoms with E-state index in [4.69, 9.17) is 9.98 Å². The Kier molecular flexibility index (Phi) is 6.21. The van der Waals surface area contributed by atoms with Crippen LogP contribution in [0.25, 0.3) is 40.5 Å². The van der Waals surface area contributed by atoms with E-state index >= 15 is 0 Å². The number of fused-ring (bicyclic) bond motifs is 7. The lowest BCUT2D eigenvalue weighted by Gasteiger charge is -2.24. The number of H-pyrrole nitrogens is 2. The second kappa shape index (κ2) is 9.53.